The van der Waals surface area contributed by atoms with Gasteiger partial charge >= 0.3 is 0 Å². The van der Waals surface area contributed by atoms with Crippen LogP contribution in [-0.2, 0) is 14.8 Å². The van der Waals surface area contributed by atoms with Crippen LogP contribution in [0.2, 0.25) is 0 Å². The van der Waals surface area contributed by atoms with Gasteiger partial charge in [-0.3, -0.25) is 4.79 Å². The minimum Gasteiger partial charge on any atom is -0.497 e. The van der Waals surface area contributed by atoms with Gasteiger partial charge in [-0.1, -0.05) is 6.07 Å². The highest BCUT2D eigenvalue weighted by Crippen LogP contribution is 2.16. The van der Waals surface area contributed by atoms with Crippen LogP contribution >= 0.6 is 0 Å². The summed E-state index contributed by atoms with van der Waals surface area (Å²) in [7, 11) is 1.96. The zero-order valence-corrected chi connectivity index (χ0v) is 14.9. The Hall–Kier alpha value is -1.64. The van der Waals surface area contributed by atoms with E-state index in [-0.39, 0.29) is 18.9 Å². The molecular formula is C15H25N3O4S. The summed E-state index contributed by atoms with van der Waals surface area (Å²) in [5.74, 6) is 0.406. The first kappa shape index (κ1) is 19.4. The van der Waals surface area contributed by atoms with Gasteiger partial charge in [0.1, 0.15) is 5.75 Å². The normalized spacial score (nSPS) is 11.7. The molecular weight excluding hydrogens is 318 g/mol. The standard InChI is InChI=1S/C15H25N3O4S/c1-17(2)10-11-18(23(4,20)21)9-8-15(19)16-13-6-5-7-14(12-13)22-3/h5-7,12H,8-11H2,1-4H3,(H,16,19). The fourth-order valence-corrected chi connectivity index (χ4v) is 2.74. The summed E-state index contributed by atoms with van der Waals surface area (Å²) in [6, 6.07) is 7.01. The van der Waals surface area contributed by atoms with E-state index in [0.29, 0.717) is 24.5 Å². The van der Waals surface area contributed by atoms with E-state index in [1.807, 2.05) is 19.0 Å². The third-order valence-electron chi connectivity index (χ3n) is 3.21. The zero-order valence-electron chi connectivity index (χ0n) is 14.1. The van der Waals surface area contributed by atoms with Crippen molar-refractivity contribution in [1.82, 2.24) is 9.21 Å². The van der Waals surface area contributed by atoms with Gasteiger partial charge in [0.05, 0.1) is 13.4 Å². The van der Waals surface area contributed by atoms with Crippen LogP contribution in [0.25, 0.3) is 0 Å². The maximum Gasteiger partial charge on any atom is 0.225 e. The molecule has 0 radical (unpaired) electrons. The highest BCUT2D eigenvalue weighted by molar-refractivity contribution is 7.88. The van der Waals surface area contributed by atoms with Crippen molar-refractivity contribution in [3.05, 3.63) is 24.3 Å². The fourth-order valence-electron chi connectivity index (χ4n) is 1.91. The Labute approximate surface area is 138 Å². The first-order chi connectivity index (χ1) is 10.7. The Morgan fingerprint density at radius 1 is 1.22 bits per heavy atom. The lowest BCUT2D eigenvalue weighted by Gasteiger charge is -2.21. The summed E-state index contributed by atoms with van der Waals surface area (Å²) >= 11 is 0. The van der Waals surface area contributed by atoms with Crippen molar-refractivity contribution in [1.29, 1.82) is 0 Å². The SMILES string of the molecule is COc1cccc(NC(=O)CCN(CCN(C)C)S(C)(=O)=O)c1. The van der Waals surface area contributed by atoms with Gasteiger partial charge in [0.2, 0.25) is 15.9 Å². The fraction of sp³-hybridized carbons (Fsp3) is 0.533. The van der Waals surface area contributed by atoms with Gasteiger partial charge in [0, 0.05) is 37.8 Å². The molecule has 7 nitrogen and oxygen atoms in total. The van der Waals surface area contributed by atoms with Crippen molar-refractivity contribution in [2.45, 2.75) is 6.42 Å². The van der Waals surface area contributed by atoms with Crippen molar-refractivity contribution >= 4 is 21.6 Å². The largest absolute Gasteiger partial charge is 0.497 e. The van der Waals surface area contributed by atoms with Gasteiger partial charge in [0.25, 0.3) is 0 Å². The predicted molar refractivity (Wildman–Crippen MR) is 91.2 cm³/mol. The Bertz CT molecular complexity index is 617. The molecule has 0 aromatic heterocycles. The van der Waals surface area contributed by atoms with Crippen molar-refractivity contribution < 1.29 is 17.9 Å². The molecule has 0 unspecified atom stereocenters. The number of benzene rings is 1. The molecule has 0 aliphatic carbocycles. The van der Waals surface area contributed by atoms with Gasteiger partial charge in [-0.25, -0.2) is 12.7 Å². The Kier molecular flexibility index (Phi) is 7.47. The zero-order chi connectivity index (χ0) is 17.5. The molecule has 0 aliphatic rings. The lowest BCUT2D eigenvalue weighted by molar-refractivity contribution is -0.116. The van der Waals surface area contributed by atoms with Crippen molar-refractivity contribution in [3.8, 4) is 5.75 Å². The number of hydrogen-bond acceptors (Lipinski definition) is 5. The second-order valence-corrected chi connectivity index (χ2v) is 7.48. The molecule has 1 aromatic rings. The van der Waals surface area contributed by atoms with E-state index in [4.69, 9.17) is 4.74 Å². The number of nitrogens with zero attached hydrogens (tertiary/aromatic N) is 2. The molecule has 0 aliphatic heterocycles. The number of anilines is 1. The smallest absolute Gasteiger partial charge is 0.225 e. The molecule has 0 fully saturated rings. The van der Waals surface area contributed by atoms with Gasteiger partial charge in [0.15, 0.2) is 0 Å². The number of hydrogen-bond donors (Lipinski definition) is 1. The van der Waals surface area contributed by atoms with Crippen molar-refractivity contribution in [2.24, 2.45) is 0 Å². The molecule has 1 rings (SSSR count). The average Bonchev–Trinajstić information content (AvgIpc) is 2.45. The van der Waals surface area contributed by atoms with Gasteiger partial charge in [-0.05, 0) is 26.2 Å². The van der Waals surface area contributed by atoms with E-state index in [1.165, 1.54) is 4.31 Å². The quantitative estimate of drug-likeness (QED) is 0.719. The number of nitrogens with one attached hydrogen (secondary N) is 1. The van der Waals surface area contributed by atoms with Gasteiger partial charge in [-0.2, -0.15) is 0 Å². The molecule has 0 saturated heterocycles. The Morgan fingerprint density at radius 2 is 1.91 bits per heavy atom. The number of ether oxygens (including phenoxy) is 1. The van der Waals surface area contributed by atoms with E-state index >= 15 is 0 Å². The monoisotopic (exact) mass is 343 g/mol. The molecule has 8 heteroatoms. The van der Waals surface area contributed by atoms with Crippen molar-refractivity contribution in [2.75, 3.05) is 52.4 Å². The van der Waals surface area contributed by atoms with E-state index in [2.05, 4.69) is 5.32 Å². The molecule has 1 amide bonds. The lowest BCUT2D eigenvalue weighted by Crippen LogP contribution is -2.37. The van der Waals surface area contributed by atoms with Crippen molar-refractivity contribution in [3.63, 3.8) is 0 Å². The summed E-state index contributed by atoms with van der Waals surface area (Å²) < 4.78 is 29.9. The Morgan fingerprint density at radius 3 is 2.48 bits per heavy atom. The second-order valence-electron chi connectivity index (χ2n) is 5.50. The maximum absolute atomic E-state index is 12.0. The van der Waals surface area contributed by atoms with E-state index in [0.717, 1.165) is 6.26 Å². The Balaban J connectivity index is 2.57. The molecule has 0 heterocycles. The highest BCUT2D eigenvalue weighted by Gasteiger charge is 2.17. The molecule has 0 atom stereocenters. The molecule has 130 valence electrons. The second kappa shape index (κ2) is 8.85. The number of rotatable bonds is 9. The lowest BCUT2D eigenvalue weighted by atomic mass is 10.3. The first-order valence-corrected chi connectivity index (χ1v) is 9.11. The van der Waals surface area contributed by atoms with Crippen LogP contribution in [-0.4, -0.2) is 70.6 Å². The minimum absolute atomic E-state index is 0.0949. The molecule has 0 bridgehead atoms. The molecule has 1 N–H and O–H groups in total. The van der Waals surface area contributed by atoms with Crippen LogP contribution in [0.4, 0.5) is 5.69 Å². The van der Waals surface area contributed by atoms with E-state index in [1.54, 1.807) is 31.4 Å². The number of carbonyl (C=O) groups excluding carboxylic acids is 1. The summed E-state index contributed by atoms with van der Waals surface area (Å²) in [6.45, 7) is 1.12. The summed E-state index contributed by atoms with van der Waals surface area (Å²) in [6.07, 6.45) is 1.25. The van der Waals surface area contributed by atoms with Crippen LogP contribution in [0.1, 0.15) is 6.42 Å². The van der Waals surface area contributed by atoms with Crippen LogP contribution in [0.3, 0.4) is 0 Å². The number of carbonyl (C=O) groups is 1. The van der Waals surface area contributed by atoms with Gasteiger partial charge < -0.3 is 15.0 Å². The average molecular weight is 343 g/mol. The molecule has 23 heavy (non-hydrogen) atoms. The third-order valence-corrected chi connectivity index (χ3v) is 4.51. The molecule has 0 saturated carbocycles. The van der Waals surface area contributed by atoms with Crippen LogP contribution in [0.15, 0.2) is 24.3 Å². The van der Waals surface area contributed by atoms with E-state index < -0.39 is 10.0 Å². The van der Waals surface area contributed by atoms with E-state index in [9.17, 15) is 13.2 Å². The molecule has 1 aromatic carbocycles. The topological polar surface area (TPSA) is 79.0 Å². The van der Waals surface area contributed by atoms with Crippen LogP contribution < -0.4 is 10.1 Å². The highest BCUT2D eigenvalue weighted by atomic mass is 32.2. The number of sulfonamides is 1. The predicted octanol–water partition coefficient (Wildman–Crippen LogP) is 0.847. The third kappa shape index (κ3) is 7.45. The number of likely N-dealkylation sites (N-methyl/N-ethyl adjacent to an activating group) is 1. The van der Waals surface area contributed by atoms with Crippen LogP contribution in [0.5, 0.6) is 5.75 Å². The number of amides is 1. The van der Waals surface area contributed by atoms with Crippen LogP contribution in [0, 0.1) is 0 Å². The molecule has 0 spiro atoms. The maximum atomic E-state index is 12.0. The first-order valence-electron chi connectivity index (χ1n) is 7.26. The van der Waals surface area contributed by atoms with Gasteiger partial charge in [-0.15, -0.1) is 0 Å². The summed E-state index contributed by atoms with van der Waals surface area (Å²) in [5.41, 5.74) is 0.619. The summed E-state index contributed by atoms with van der Waals surface area (Å²) in [5, 5.41) is 2.74. The number of methoxy groups -OCH3 is 1. The summed E-state index contributed by atoms with van der Waals surface area (Å²) in [4.78, 5) is 13.9. The minimum atomic E-state index is -3.33.